The molecule has 2 N–H and O–H groups in total. The molecule has 1 atom stereocenters. The minimum atomic E-state index is -0.877. The Morgan fingerprint density at radius 1 is 0.640 bits per heavy atom. The zero-order chi connectivity index (χ0) is 34.2. The van der Waals surface area contributed by atoms with Crippen molar-refractivity contribution in [3.63, 3.8) is 0 Å². The second kappa shape index (κ2) is 15.3. The number of nitrogens with one attached hydrogen (secondary N) is 2. The van der Waals surface area contributed by atoms with Gasteiger partial charge >= 0.3 is 6.09 Å². The van der Waals surface area contributed by atoms with Crippen molar-refractivity contribution >= 4 is 23.8 Å². The number of benzene rings is 6. The Kier molecular flexibility index (Phi) is 10.1. The van der Waals surface area contributed by atoms with E-state index in [0.29, 0.717) is 6.54 Å². The number of alkyl carbamates (subject to hydrolysis) is 1. The molecule has 50 heavy (non-hydrogen) atoms. The number of hydrogen-bond acceptors (Lipinski definition) is 4. The number of hydrogen-bond donors (Lipinski definition) is 2. The lowest BCUT2D eigenvalue weighted by atomic mass is 9.84. The first-order chi connectivity index (χ1) is 24.6. The molecular formula is C44H38N2O3S. The van der Waals surface area contributed by atoms with Crippen LogP contribution in [0.15, 0.2) is 164 Å². The molecule has 0 fully saturated rings. The fourth-order valence-electron chi connectivity index (χ4n) is 6.75. The molecule has 0 saturated carbocycles. The van der Waals surface area contributed by atoms with E-state index >= 15 is 0 Å². The van der Waals surface area contributed by atoms with Gasteiger partial charge < -0.3 is 15.4 Å². The van der Waals surface area contributed by atoms with E-state index in [1.807, 2.05) is 103 Å². The highest BCUT2D eigenvalue weighted by atomic mass is 32.2. The number of ether oxygens (including phenoxy) is 1. The van der Waals surface area contributed by atoms with Crippen LogP contribution in [0.1, 0.15) is 38.9 Å². The van der Waals surface area contributed by atoms with Crippen molar-refractivity contribution in [2.45, 2.75) is 30.4 Å². The third-order valence-electron chi connectivity index (χ3n) is 9.23. The molecule has 1 aliphatic rings. The lowest BCUT2D eigenvalue weighted by molar-refractivity contribution is -0.122. The van der Waals surface area contributed by atoms with E-state index in [1.165, 1.54) is 22.3 Å². The van der Waals surface area contributed by atoms with Gasteiger partial charge in [0.1, 0.15) is 12.6 Å². The van der Waals surface area contributed by atoms with E-state index in [2.05, 4.69) is 71.3 Å². The van der Waals surface area contributed by atoms with Gasteiger partial charge in [-0.1, -0.05) is 164 Å². The number of fused-ring (bicyclic) bond motifs is 3. The Bertz CT molecular complexity index is 1960. The van der Waals surface area contributed by atoms with E-state index in [1.54, 1.807) is 11.8 Å². The Hall–Kier alpha value is -5.59. The summed E-state index contributed by atoms with van der Waals surface area (Å²) in [5, 5.41) is 6.00. The van der Waals surface area contributed by atoms with Crippen LogP contribution < -0.4 is 10.6 Å². The fraction of sp³-hybridized carbons (Fsp3) is 0.136. The summed E-state index contributed by atoms with van der Waals surface area (Å²) in [6.07, 6.45) is 0.164. The Balaban J connectivity index is 1.15. The van der Waals surface area contributed by atoms with Gasteiger partial charge in [0.05, 0.1) is 4.75 Å². The minimum absolute atomic E-state index is 0.108. The van der Waals surface area contributed by atoms with Gasteiger partial charge in [-0.05, 0) is 56.5 Å². The summed E-state index contributed by atoms with van der Waals surface area (Å²) in [6.45, 7) is 0.450. The van der Waals surface area contributed by atoms with Gasteiger partial charge in [-0.3, -0.25) is 4.79 Å². The van der Waals surface area contributed by atoms with E-state index in [0.717, 1.165) is 34.2 Å². The second-order valence-electron chi connectivity index (χ2n) is 12.3. The highest BCUT2D eigenvalue weighted by molar-refractivity contribution is 8.00. The van der Waals surface area contributed by atoms with Crippen molar-refractivity contribution in [2.24, 2.45) is 0 Å². The molecule has 2 amide bonds. The standard InChI is InChI=1S/C44H38N2O3S/c47-42(45-29-32-16-5-1-6-17-32)41(46-43(48)49-30-34-19-15-27-39-38-26-14-13-18-33(38)28-40(34)39)31-50-44(35-20-7-2-8-21-35,36-22-9-3-10-23-36)37-24-11-4-12-25-37/h1-27,41H,28-31H2,(H,45,47)(H,46,48). The molecule has 0 aromatic heterocycles. The van der Waals surface area contributed by atoms with Crippen molar-refractivity contribution in [1.82, 2.24) is 10.6 Å². The smallest absolute Gasteiger partial charge is 0.408 e. The summed E-state index contributed by atoms with van der Waals surface area (Å²) in [5.41, 5.74) is 10.0. The molecule has 1 aliphatic carbocycles. The molecule has 0 saturated heterocycles. The molecule has 0 bridgehead atoms. The number of thioether (sulfide) groups is 1. The average molecular weight is 675 g/mol. The molecule has 1 unspecified atom stereocenters. The largest absolute Gasteiger partial charge is 0.445 e. The molecule has 6 aromatic carbocycles. The zero-order valence-corrected chi connectivity index (χ0v) is 28.4. The highest BCUT2D eigenvalue weighted by Crippen LogP contribution is 2.48. The van der Waals surface area contributed by atoms with Gasteiger partial charge in [-0.25, -0.2) is 4.79 Å². The molecule has 0 aliphatic heterocycles. The Morgan fingerprint density at radius 2 is 1.18 bits per heavy atom. The van der Waals surface area contributed by atoms with Crippen LogP contribution in [0.4, 0.5) is 4.79 Å². The maximum Gasteiger partial charge on any atom is 0.408 e. The van der Waals surface area contributed by atoms with Crippen LogP contribution in [-0.2, 0) is 33.9 Å². The molecule has 0 heterocycles. The number of carbonyl (C=O) groups excluding carboxylic acids is 2. The molecule has 0 radical (unpaired) electrons. The SMILES string of the molecule is O=C(NC(CSC(c1ccccc1)(c1ccccc1)c1ccccc1)C(=O)NCc1ccccc1)OCc1cccc2c1Cc1ccccc1-2. The van der Waals surface area contributed by atoms with Gasteiger partial charge in [0.2, 0.25) is 5.91 Å². The van der Waals surface area contributed by atoms with Crippen LogP contribution in [0.3, 0.4) is 0 Å². The monoisotopic (exact) mass is 674 g/mol. The van der Waals surface area contributed by atoms with Gasteiger partial charge in [0.15, 0.2) is 0 Å². The predicted octanol–water partition coefficient (Wildman–Crippen LogP) is 8.89. The molecule has 6 heteroatoms. The molecule has 248 valence electrons. The first kappa shape index (κ1) is 32.9. The van der Waals surface area contributed by atoms with Crippen molar-refractivity contribution in [2.75, 3.05) is 5.75 Å². The van der Waals surface area contributed by atoms with Gasteiger partial charge in [-0.15, -0.1) is 11.8 Å². The number of amides is 2. The molecule has 6 aromatic rings. The van der Waals surface area contributed by atoms with E-state index in [4.69, 9.17) is 4.74 Å². The highest BCUT2D eigenvalue weighted by Gasteiger charge is 2.38. The Morgan fingerprint density at radius 3 is 1.80 bits per heavy atom. The van der Waals surface area contributed by atoms with Crippen molar-refractivity contribution < 1.29 is 14.3 Å². The summed E-state index contributed by atoms with van der Waals surface area (Å²) < 4.78 is 5.18. The van der Waals surface area contributed by atoms with Gasteiger partial charge in [-0.2, -0.15) is 0 Å². The van der Waals surface area contributed by atoms with Crippen molar-refractivity contribution in [3.05, 3.63) is 203 Å². The predicted molar refractivity (Wildman–Crippen MR) is 202 cm³/mol. The lowest BCUT2D eigenvalue weighted by Gasteiger charge is -2.36. The number of carbonyl (C=O) groups is 2. The quantitative estimate of drug-likeness (QED) is 0.127. The van der Waals surface area contributed by atoms with Crippen molar-refractivity contribution in [3.8, 4) is 11.1 Å². The maximum atomic E-state index is 13.9. The fourth-order valence-corrected chi connectivity index (χ4v) is 8.31. The summed E-state index contributed by atoms with van der Waals surface area (Å²) >= 11 is 1.62. The topological polar surface area (TPSA) is 67.4 Å². The normalized spacial score (nSPS) is 12.3. The van der Waals surface area contributed by atoms with Crippen LogP contribution in [0.2, 0.25) is 0 Å². The van der Waals surface area contributed by atoms with E-state index in [-0.39, 0.29) is 18.3 Å². The van der Waals surface area contributed by atoms with Crippen LogP contribution in [-0.4, -0.2) is 23.8 Å². The van der Waals surface area contributed by atoms with Gasteiger partial charge in [0, 0.05) is 12.3 Å². The molecule has 0 spiro atoms. The molecule has 7 rings (SSSR count). The van der Waals surface area contributed by atoms with Gasteiger partial charge in [0.25, 0.3) is 0 Å². The first-order valence-electron chi connectivity index (χ1n) is 16.9. The number of rotatable bonds is 12. The van der Waals surface area contributed by atoms with E-state index < -0.39 is 16.9 Å². The average Bonchev–Trinajstić information content (AvgIpc) is 3.57. The summed E-state index contributed by atoms with van der Waals surface area (Å²) in [6, 6.07) is 54.4. The van der Waals surface area contributed by atoms with E-state index in [9.17, 15) is 9.59 Å². The summed E-state index contributed by atoms with van der Waals surface area (Å²) in [5.74, 6) is 0.00205. The lowest BCUT2D eigenvalue weighted by Crippen LogP contribution is -2.49. The third-order valence-corrected chi connectivity index (χ3v) is 10.9. The van der Waals surface area contributed by atoms with Crippen molar-refractivity contribution in [1.29, 1.82) is 0 Å². The van der Waals surface area contributed by atoms with Crippen LogP contribution in [0.25, 0.3) is 11.1 Å². The first-order valence-corrected chi connectivity index (χ1v) is 17.8. The van der Waals surface area contributed by atoms with Crippen LogP contribution >= 0.6 is 11.8 Å². The second-order valence-corrected chi connectivity index (χ2v) is 13.6. The maximum absolute atomic E-state index is 13.9. The van der Waals surface area contributed by atoms with Crippen LogP contribution in [0.5, 0.6) is 0 Å². The van der Waals surface area contributed by atoms with Crippen LogP contribution in [0, 0.1) is 0 Å². The third kappa shape index (κ3) is 7.07. The zero-order valence-electron chi connectivity index (χ0n) is 27.6. The minimum Gasteiger partial charge on any atom is -0.445 e. The molecular weight excluding hydrogens is 637 g/mol. The Labute approximate surface area is 297 Å². The summed E-state index contributed by atoms with van der Waals surface area (Å²) in [7, 11) is 0. The molecule has 5 nitrogen and oxygen atoms in total. The summed E-state index contributed by atoms with van der Waals surface area (Å²) in [4.78, 5) is 27.5.